The quantitative estimate of drug-likeness (QED) is 0.805. The van der Waals surface area contributed by atoms with Gasteiger partial charge in [0.15, 0.2) is 0 Å². The molecule has 1 heterocycles. The zero-order valence-electron chi connectivity index (χ0n) is 9.29. The van der Waals surface area contributed by atoms with Gasteiger partial charge in [-0.2, -0.15) is 0 Å². The molecule has 0 aliphatic heterocycles. The molecule has 2 nitrogen and oxygen atoms in total. The van der Waals surface area contributed by atoms with Gasteiger partial charge in [0.2, 0.25) is 0 Å². The molecule has 14 heavy (non-hydrogen) atoms. The highest BCUT2D eigenvalue weighted by molar-refractivity contribution is 7.12. The van der Waals surface area contributed by atoms with Crippen molar-refractivity contribution < 1.29 is 5.11 Å². The minimum atomic E-state index is 0.157. The highest BCUT2D eigenvalue weighted by atomic mass is 32.1. The molecule has 2 atom stereocenters. The highest BCUT2D eigenvalue weighted by Crippen LogP contribution is 2.26. The Morgan fingerprint density at radius 3 is 2.50 bits per heavy atom. The fourth-order valence-electron chi connectivity index (χ4n) is 1.65. The standard InChI is InChI=1S/C11H19NOS/c1-7(6-13)12-9(3)11-5-8(2)14-10(11)4/h5,7,9,12-13H,6H2,1-4H3. The fraction of sp³-hybridized carbons (Fsp3) is 0.636. The summed E-state index contributed by atoms with van der Waals surface area (Å²) in [6.07, 6.45) is 0. The minimum absolute atomic E-state index is 0.157. The minimum Gasteiger partial charge on any atom is -0.395 e. The summed E-state index contributed by atoms with van der Waals surface area (Å²) in [6, 6.07) is 2.70. The lowest BCUT2D eigenvalue weighted by atomic mass is 10.1. The van der Waals surface area contributed by atoms with E-state index in [0.29, 0.717) is 6.04 Å². The summed E-state index contributed by atoms with van der Waals surface area (Å²) in [5.74, 6) is 0. The number of nitrogens with one attached hydrogen (secondary N) is 1. The second kappa shape index (κ2) is 4.91. The monoisotopic (exact) mass is 213 g/mol. The average molecular weight is 213 g/mol. The molecule has 2 unspecified atom stereocenters. The van der Waals surface area contributed by atoms with E-state index >= 15 is 0 Å². The largest absolute Gasteiger partial charge is 0.395 e. The van der Waals surface area contributed by atoms with Gasteiger partial charge in [-0.25, -0.2) is 0 Å². The van der Waals surface area contributed by atoms with Crippen molar-refractivity contribution in [2.45, 2.75) is 39.8 Å². The topological polar surface area (TPSA) is 32.3 Å². The number of hydrogen-bond donors (Lipinski definition) is 2. The Hall–Kier alpha value is -0.380. The fourth-order valence-corrected chi connectivity index (χ4v) is 2.67. The number of aryl methyl sites for hydroxylation is 2. The predicted octanol–water partition coefficient (Wildman–Crippen LogP) is 2.40. The van der Waals surface area contributed by atoms with E-state index in [-0.39, 0.29) is 12.6 Å². The van der Waals surface area contributed by atoms with Gasteiger partial charge in [0, 0.05) is 21.8 Å². The number of aliphatic hydroxyl groups is 1. The van der Waals surface area contributed by atoms with E-state index in [1.807, 2.05) is 18.3 Å². The Kier molecular flexibility index (Phi) is 4.11. The van der Waals surface area contributed by atoms with Crippen LogP contribution in [0, 0.1) is 13.8 Å². The summed E-state index contributed by atoms with van der Waals surface area (Å²) in [7, 11) is 0. The number of hydrogen-bond acceptors (Lipinski definition) is 3. The lowest BCUT2D eigenvalue weighted by molar-refractivity contribution is 0.243. The predicted molar refractivity (Wildman–Crippen MR) is 61.9 cm³/mol. The van der Waals surface area contributed by atoms with Crippen molar-refractivity contribution in [3.63, 3.8) is 0 Å². The van der Waals surface area contributed by atoms with Crippen molar-refractivity contribution in [2.75, 3.05) is 6.61 Å². The maximum atomic E-state index is 8.95. The van der Waals surface area contributed by atoms with Crippen LogP contribution in [0.2, 0.25) is 0 Å². The summed E-state index contributed by atoms with van der Waals surface area (Å²) in [6.45, 7) is 8.59. The lowest BCUT2D eigenvalue weighted by Gasteiger charge is -2.18. The molecular weight excluding hydrogens is 194 g/mol. The van der Waals surface area contributed by atoms with Gasteiger partial charge in [-0.3, -0.25) is 0 Å². The molecule has 0 spiro atoms. The van der Waals surface area contributed by atoms with Gasteiger partial charge < -0.3 is 10.4 Å². The van der Waals surface area contributed by atoms with Gasteiger partial charge in [-0.05, 0) is 39.3 Å². The van der Waals surface area contributed by atoms with Gasteiger partial charge in [-0.1, -0.05) is 0 Å². The van der Waals surface area contributed by atoms with Crippen LogP contribution in [0.4, 0.5) is 0 Å². The summed E-state index contributed by atoms with van der Waals surface area (Å²) in [4.78, 5) is 2.72. The number of thiophene rings is 1. The van der Waals surface area contributed by atoms with Crippen molar-refractivity contribution in [1.82, 2.24) is 5.32 Å². The summed E-state index contributed by atoms with van der Waals surface area (Å²) >= 11 is 1.83. The second-order valence-electron chi connectivity index (χ2n) is 3.84. The van der Waals surface area contributed by atoms with Crippen molar-refractivity contribution >= 4 is 11.3 Å². The molecule has 80 valence electrons. The van der Waals surface area contributed by atoms with Crippen molar-refractivity contribution in [3.8, 4) is 0 Å². The third-order valence-corrected chi connectivity index (χ3v) is 3.34. The third-order valence-electron chi connectivity index (χ3n) is 2.35. The normalized spacial score (nSPS) is 15.5. The van der Waals surface area contributed by atoms with Crippen LogP contribution in [0.3, 0.4) is 0 Å². The molecule has 1 aromatic heterocycles. The maximum absolute atomic E-state index is 8.95. The number of aliphatic hydroxyl groups excluding tert-OH is 1. The third kappa shape index (κ3) is 2.80. The molecule has 0 bridgehead atoms. The first-order chi connectivity index (χ1) is 6.54. The zero-order valence-corrected chi connectivity index (χ0v) is 10.1. The SMILES string of the molecule is Cc1cc(C(C)NC(C)CO)c(C)s1. The second-order valence-corrected chi connectivity index (χ2v) is 5.30. The van der Waals surface area contributed by atoms with Gasteiger partial charge >= 0.3 is 0 Å². The van der Waals surface area contributed by atoms with Crippen molar-refractivity contribution in [2.24, 2.45) is 0 Å². The van der Waals surface area contributed by atoms with Crippen molar-refractivity contribution in [1.29, 1.82) is 0 Å². The Balaban J connectivity index is 2.69. The van der Waals surface area contributed by atoms with Gasteiger partial charge in [0.1, 0.15) is 0 Å². The Labute approximate surface area is 90.0 Å². The molecule has 0 amide bonds. The molecule has 1 rings (SSSR count). The van der Waals surface area contributed by atoms with Crippen LogP contribution < -0.4 is 5.32 Å². The molecule has 0 saturated carbocycles. The van der Waals surface area contributed by atoms with Crippen LogP contribution in [0.25, 0.3) is 0 Å². The summed E-state index contributed by atoms with van der Waals surface area (Å²) in [5, 5.41) is 12.3. The van der Waals surface area contributed by atoms with Gasteiger partial charge in [0.05, 0.1) is 6.61 Å². The number of rotatable bonds is 4. The first-order valence-corrected chi connectivity index (χ1v) is 5.80. The maximum Gasteiger partial charge on any atom is 0.0582 e. The first kappa shape index (κ1) is 11.7. The van der Waals surface area contributed by atoms with Crippen LogP contribution in [-0.2, 0) is 0 Å². The Morgan fingerprint density at radius 1 is 1.43 bits per heavy atom. The lowest BCUT2D eigenvalue weighted by Crippen LogP contribution is -2.31. The van der Waals surface area contributed by atoms with Crippen LogP contribution in [-0.4, -0.2) is 17.8 Å². The van der Waals surface area contributed by atoms with Crippen LogP contribution >= 0.6 is 11.3 Å². The molecule has 0 aliphatic rings. The van der Waals surface area contributed by atoms with E-state index in [9.17, 15) is 0 Å². The van der Waals surface area contributed by atoms with E-state index in [1.54, 1.807) is 0 Å². The Morgan fingerprint density at radius 2 is 2.07 bits per heavy atom. The summed E-state index contributed by atoms with van der Waals surface area (Å²) < 4.78 is 0. The molecule has 3 heteroatoms. The van der Waals surface area contributed by atoms with Gasteiger partial charge in [0.25, 0.3) is 0 Å². The molecule has 0 aliphatic carbocycles. The molecule has 0 radical (unpaired) electrons. The van der Waals surface area contributed by atoms with E-state index in [2.05, 4.69) is 32.2 Å². The molecule has 2 N–H and O–H groups in total. The molecular formula is C11H19NOS. The van der Waals surface area contributed by atoms with E-state index in [0.717, 1.165) is 0 Å². The smallest absolute Gasteiger partial charge is 0.0582 e. The average Bonchev–Trinajstić information content (AvgIpc) is 2.45. The Bertz CT molecular complexity index is 295. The summed E-state index contributed by atoms with van der Waals surface area (Å²) in [5.41, 5.74) is 1.35. The van der Waals surface area contributed by atoms with E-state index in [4.69, 9.17) is 5.11 Å². The van der Waals surface area contributed by atoms with Crippen LogP contribution in [0.5, 0.6) is 0 Å². The van der Waals surface area contributed by atoms with E-state index < -0.39 is 0 Å². The van der Waals surface area contributed by atoms with Crippen LogP contribution in [0.1, 0.15) is 35.2 Å². The van der Waals surface area contributed by atoms with E-state index in [1.165, 1.54) is 15.3 Å². The zero-order chi connectivity index (χ0) is 10.7. The van der Waals surface area contributed by atoms with Crippen LogP contribution in [0.15, 0.2) is 6.07 Å². The molecule has 0 fully saturated rings. The molecule has 1 aromatic rings. The van der Waals surface area contributed by atoms with Gasteiger partial charge in [-0.15, -0.1) is 11.3 Å². The molecule has 0 saturated heterocycles. The molecule has 0 aromatic carbocycles. The van der Waals surface area contributed by atoms with Crippen molar-refractivity contribution in [3.05, 3.63) is 21.4 Å². The highest BCUT2D eigenvalue weighted by Gasteiger charge is 2.12. The first-order valence-electron chi connectivity index (χ1n) is 4.98.